The number of aromatic nitrogens is 2. The van der Waals surface area contributed by atoms with Crippen molar-refractivity contribution in [2.24, 2.45) is 5.92 Å². The number of amides is 2. The molecule has 0 fully saturated rings. The number of rotatable bonds is 6. The summed E-state index contributed by atoms with van der Waals surface area (Å²) in [5.74, 6) is 1.95. The van der Waals surface area contributed by atoms with Gasteiger partial charge in [0.15, 0.2) is 5.82 Å². The van der Waals surface area contributed by atoms with E-state index in [0.717, 1.165) is 0 Å². The first-order chi connectivity index (χ1) is 11.4. The summed E-state index contributed by atoms with van der Waals surface area (Å²) in [5.41, 5.74) is 0.474. The van der Waals surface area contributed by atoms with Gasteiger partial charge in [-0.25, -0.2) is 4.79 Å². The number of benzene rings is 1. The molecule has 0 aliphatic rings. The van der Waals surface area contributed by atoms with E-state index in [1.807, 2.05) is 0 Å². The lowest BCUT2D eigenvalue weighted by Crippen LogP contribution is -2.31. The Labute approximate surface area is 145 Å². The highest BCUT2D eigenvalue weighted by molar-refractivity contribution is 6.35. The van der Waals surface area contributed by atoms with Gasteiger partial charge in [0.2, 0.25) is 5.89 Å². The molecule has 2 aromatic rings. The Morgan fingerprint density at radius 1 is 1.46 bits per heavy atom. The van der Waals surface area contributed by atoms with Gasteiger partial charge in [-0.3, -0.25) is 0 Å². The van der Waals surface area contributed by atoms with Crippen LogP contribution in [0.4, 0.5) is 10.5 Å². The van der Waals surface area contributed by atoms with Crippen molar-refractivity contribution in [3.05, 3.63) is 34.9 Å². The molecule has 1 N–H and O–H groups in total. The summed E-state index contributed by atoms with van der Waals surface area (Å²) < 4.78 is 10.3. The quantitative estimate of drug-likeness (QED) is 0.859. The van der Waals surface area contributed by atoms with E-state index in [9.17, 15) is 4.79 Å². The smallest absolute Gasteiger partial charge is 0.322 e. The highest BCUT2D eigenvalue weighted by Gasteiger charge is 2.16. The number of carbonyl (C=O) groups is 1. The average Bonchev–Trinajstić information content (AvgIpc) is 2.95. The highest BCUT2D eigenvalue weighted by atomic mass is 35.5. The molecule has 0 aliphatic carbocycles. The lowest BCUT2D eigenvalue weighted by Gasteiger charge is -2.17. The fraction of sp³-hybridized carbons (Fsp3) is 0.438. The van der Waals surface area contributed by atoms with E-state index in [1.54, 1.807) is 25.2 Å². The van der Waals surface area contributed by atoms with E-state index >= 15 is 0 Å². The van der Waals surface area contributed by atoms with E-state index in [-0.39, 0.29) is 12.6 Å². The van der Waals surface area contributed by atoms with Gasteiger partial charge < -0.3 is 19.5 Å². The van der Waals surface area contributed by atoms with Crippen LogP contribution >= 0.6 is 11.6 Å². The van der Waals surface area contributed by atoms with Gasteiger partial charge >= 0.3 is 6.03 Å². The number of hydrogen-bond acceptors (Lipinski definition) is 5. The molecule has 1 aromatic carbocycles. The second kappa shape index (κ2) is 8.01. The molecule has 0 radical (unpaired) electrons. The molecule has 1 heterocycles. The van der Waals surface area contributed by atoms with Crippen molar-refractivity contribution in [3.63, 3.8) is 0 Å². The van der Waals surface area contributed by atoms with Crippen LogP contribution in [0.25, 0.3) is 0 Å². The average molecular weight is 353 g/mol. The lowest BCUT2D eigenvalue weighted by atomic mass is 10.1. The summed E-state index contributed by atoms with van der Waals surface area (Å²) in [4.78, 5) is 18.0. The van der Waals surface area contributed by atoms with Crippen molar-refractivity contribution >= 4 is 23.3 Å². The van der Waals surface area contributed by atoms with Gasteiger partial charge in [0.25, 0.3) is 0 Å². The van der Waals surface area contributed by atoms with Crippen molar-refractivity contribution < 1.29 is 14.1 Å². The maximum absolute atomic E-state index is 12.3. The van der Waals surface area contributed by atoms with Crippen molar-refractivity contribution in [1.82, 2.24) is 15.0 Å². The highest BCUT2D eigenvalue weighted by Crippen LogP contribution is 2.31. The molecule has 8 heteroatoms. The predicted octanol–water partition coefficient (Wildman–Crippen LogP) is 3.59. The first-order valence-corrected chi connectivity index (χ1v) is 7.94. The molecule has 0 spiro atoms. The molecular formula is C16H21ClN4O3. The van der Waals surface area contributed by atoms with E-state index in [1.165, 1.54) is 12.0 Å². The molecule has 0 unspecified atom stereocenters. The number of nitrogens with one attached hydrogen (secondary N) is 1. The molecule has 130 valence electrons. The molecule has 0 saturated carbocycles. The Hall–Kier alpha value is -2.28. The number of anilines is 1. The van der Waals surface area contributed by atoms with Gasteiger partial charge in [0, 0.05) is 13.5 Å². The zero-order chi connectivity index (χ0) is 17.7. The Bertz CT molecular complexity index is 702. The van der Waals surface area contributed by atoms with Crippen LogP contribution in [-0.2, 0) is 13.0 Å². The summed E-state index contributed by atoms with van der Waals surface area (Å²) >= 11 is 6.17. The maximum atomic E-state index is 12.3. The number of nitrogens with zero attached hydrogens (tertiary/aromatic N) is 3. The Morgan fingerprint density at radius 2 is 2.21 bits per heavy atom. The molecule has 0 saturated heterocycles. The summed E-state index contributed by atoms with van der Waals surface area (Å²) in [7, 11) is 3.16. The maximum Gasteiger partial charge on any atom is 0.322 e. The van der Waals surface area contributed by atoms with E-state index < -0.39 is 0 Å². The third-order valence-electron chi connectivity index (χ3n) is 3.24. The van der Waals surface area contributed by atoms with E-state index in [0.29, 0.717) is 40.5 Å². The van der Waals surface area contributed by atoms with E-state index in [2.05, 4.69) is 29.3 Å². The topological polar surface area (TPSA) is 80.5 Å². The van der Waals surface area contributed by atoms with Gasteiger partial charge in [0.05, 0.1) is 19.3 Å². The van der Waals surface area contributed by atoms with Gasteiger partial charge in [-0.05, 0) is 18.1 Å². The number of urea groups is 1. The third-order valence-corrected chi connectivity index (χ3v) is 3.63. The molecule has 2 amide bonds. The van der Waals surface area contributed by atoms with Gasteiger partial charge in [0.1, 0.15) is 10.8 Å². The Kier molecular flexibility index (Phi) is 6.03. The number of hydrogen-bond donors (Lipinski definition) is 1. The van der Waals surface area contributed by atoms with Crippen molar-refractivity contribution in [2.75, 3.05) is 19.5 Å². The van der Waals surface area contributed by atoms with Crippen LogP contribution in [0.2, 0.25) is 5.02 Å². The first kappa shape index (κ1) is 18.1. The van der Waals surface area contributed by atoms with Crippen LogP contribution in [0.3, 0.4) is 0 Å². The van der Waals surface area contributed by atoms with Crippen LogP contribution in [0.1, 0.15) is 25.6 Å². The second-order valence-corrected chi connectivity index (χ2v) is 6.19. The standard InChI is InChI=1S/C16H21ClN4O3/c1-10(2)8-14-19-13(20-24-14)9-21(3)16(22)18-11-6-5-7-12(23-4)15(11)17/h5-7,10H,8-9H2,1-4H3,(H,18,22). The van der Waals surface area contributed by atoms with Crippen LogP contribution < -0.4 is 10.1 Å². The zero-order valence-corrected chi connectivity index (χ0v) is 14.9. The van der Waals surface area contributed by atoms with Crippen LogP contribution in [-0.4, -0.2) is 35.2 Å². The summed E-state index contributed by atoms with van der Waals surface area (Å²) in [6.45, 7) is 4.37. The normalized spacial score (nSPS) is 10.8. The molecule has 1 aromatic heterocycles. The number of carbonyl (C=O) groups excluding carboxylic acids is 1. The second-order valence-electron chi connectivity index (χ2n) is 5.81. The molecular weight excluding hydrogens is 332 g/mol. The fourth-order valence-electron chi connectivity index (χ4n) is 2.05. The molecule has 0 aliphatic heterocycles. The monoisotopic (exact) mass is 352 g/mol. The summed E-state index contributed by atoms with van der Waals surface area (Å²) in [5, 5.41) is 6.97. The van der Waals surface area contributed by atoms with Crippen LogP contribution in [0.15, 0.2) is 22.7 Å². The molecule has 7 nitrogen and oxygen atoms in total. The fourth-order valence-corrected chi connectivity index (χ4v) is 2.30. The minimum atomic E-state index is -0.333. The Morgan fingerprint density at radius 3 is 2.88 bits per heavy atom. The zero-order valence-electron chi connectivity index (χ0n) is 14.2. The third kappa shape index (κ3) is 4.61. The molecule has 0 atom stereocenters. The molecule has 2 rings (SSSR count). The Balaban J connectivity index is 1.98. The molecule has 24 heavy (non-hydrogen) atoms. The van der Waals surface area contributed by atoms with Gasteiger partial charge in [-0.15, -0.1) is 0 Å². The van der Waals surface area contributed by atoms with Crippen LogP contribution in [0.5, 0.6) is 5.75 Å². The first-order valence-electron chi connectivity index (χ1n) is 7.56. The number of methoxy groups -OCH3 is 1. The minimum absolute atomic E-state index is 0.231. The van der Waals surface area contributed by atoms with Crippen molar-refractivity contribution in [2.45, 2.75) is 26.8 Å². The van der Waals surface area contributed by atoms with Gasteiger partial charge in [-0.1, -0.05) is 36.7 Å². The van der Waals surface area contributed by atoms with Crippen molar-refractivity contribution in [1.29, 1.82) is 0 Å². The lowest BCUT2D eigenvalue weighted by molar-refractivity contribution is 0.219. The van der Waals surface area contributed by atoms with Gasteiger partial charge in [-0.2, -0.15) is 4.98 Å². The number of ether oxygens (including phenoxy) is 1. The summed E-state index contributed by atoms with van der Waals surface area (Å²) in [6.07, 6.45) is 0.711. The minimum Gasteiger partial charge on any atom is -0.495 e. The predicted molar refractivity (Wildman–Crippen MR) is 91.3 cm³/mol. The SMILES string of the molecule is COc1cccc(NC(=O)N(C)Cc2noc(CC(C)C)n2)c1Cl. The summed E-state index contributed by atoms with van der Waals surface area (Å²) in [6, 6.07) is 4.83. The van der Waals surface area contributed by atoms with Crippen molar-refractivity contribution in [3.8, 4) is 5.75 Å². The van der Waals surface area contributed by atoms with E-state index in [4.69, 9.17) is 20.9 Å². The van der Waals surface area contributed by atoms with Crippen LogP contribution in [0, 0.1) is 5.92 Å². The molecule has 0 bridgehead atoms. The largest absolute Gasteiger partial charge is 0.495 e. The number of halogens is 1.